The van der Waals surface area contributed by atoms with Crippen LogP contribution in [-0.2, 0) is 6.42 Å². The third-order valence-electron chi connectivity index (χ3n) is 3.01. The Bertz CT molecular complexity index is 684. The third-order valence-corrected chi connectivity index (χ3v) is 3.01. The van der Waals surface area contributed by atoms with Crippen molar-refractivity contribution < 1.29 is 9.72 Å². The molecule has 0 atom stereocenters. The van der Waals surface area contributed by atoms with Crippen LogP contribution in [0.5, 0.6) is 0 Å². The second-order valence-electron chi connectivity index (χ2n) is 4.55. The van der Waals surface area contributed by atoms with E-state index >= 15 is 0 Å². The number of hydrogen-bond donors (Lipinski definition) is 1. The van der Waals surface area contributed by atoms with Crippen LogP contribution in [0.15, 0.2) is 59.7 Å². The Kier molecular flexibility index (Phi) is 5.37. The number of para-hydroxylation sites is 1. The molecule has 0 bridgehead atoms. The van der Waals surface area contributed by atoms with Crippen LogP contribution < -0.4 is 5.43 Å². The second kappa shape index (κ2) is 7.68. The summed E-state index contributed by atoms with van der Waals surface area (Å²) in [5.41, 5.74) is 3.24. The first-order valence-electron chi connectivity index (χ1n) is 6.77. The number of carbonyl (C=O) groups excluding carboxylic acids is 1. The van der Waals surface area contributed by atoms with Crippen molar-refractivity contribution in [2.75, 3.05) is 0 Å². The van der Waals surface area contributed by atoms with Gasteiger partial charge in [0.25, 0.3) is 11.6 Å². The number of hydrogen-bond acceptors (Lipinski definition) is 4. The van der Waals surface area contributed by atoms with E-state index in [0.29, 0.717) is 6.42 Å². The first-order chi connectivity index (χ1) is 10.7. The summed E-state index contributed by atoms with van der Waals surface area (Å²) < 4.78 is 0. The fourth-order valence-corrected chi connectivity index (χ4v) is 1.93. The van der Waals surface area contributed by atoms with Crippen molar-refractivity contribution in [3.05, 3.63) is 75.8 Å². The summed E-state index contributed by atoms with van der Waals surface area (Å²) in [7, 11) is 0. The van der Waals surface area contributed by atoms with Crippen LogP contribution in [0, 0.1) is 10.1 Å². The zero-order valence-corrected chi connectivity index (χ0v) is 11.8. The van der Waals surface area contributed by atoms with Crippen molar-refractivity contribution in [1.29, 1.82) is 0 Å². The van der Waals surface area contributed by atoms with E-state index in [9.17, 15) is 14.9 Å². The predicted molar refractivity (Wildman–Crippen MR) is 83.8 cm³/mol. The van der Waals surface area contributed by atoms with Crippen molar-refractivity contribution in [2.24, 2.45) is 5.10 Å². The molecule has 2 rings (SSSR count). The zero-order valence-electron chi connectivity index (χ0n) is 11.8. The third kappa shape index (κ3) is 4.24. The number of benzene rings is 2. The maximum absolute atomic E-state index is 11.9. The fourth-order valence-electron chi connectivity index (χ4n) is 1.93. The minimum absolute atomic E-state index is 0.00675. The number of nitrogens with one attached hydrogen (secondary N) is 1. The van der Waals surface area contributed by atoms with Crippen molar-refractivity contribution in [1.82, 2.24) is 5.43 Å². The largest absolute Gasteiger partial charge is 0.282 e. The SMILES string of the molecule is O=C(N/N=C/CCc1ccccc1)c1ccccc1[N+](=O)[O-]. The molecule has 6 heteroatoms. The first kappa shape index (κ1) is 15.4. The van der Waals surface area contributed by atoms with Gasteiger partial charge in [0.2, 0.25) is 0 Å². The topological polar surface area (TPSA) is 84.6 Å². The lowest BCUT2D eigenvalue weighted by molar-refractivity contribution is -0.385. The quantitative estimate of drug-likeness (QED) is 0.505. The standard InChI is InChI=1S/C16H15N3O3/c20-16(14-10-4-5-11-15(14)19(21)22)18-17-12-6-9-13-7-2-1-3-8-13/h1-5,7-8,10-12H,6,9H2,(H,18,20)/b17-12+. The molecule has 0 radical (unpaired) electrons. The van der Waals surface area contributed by atoms with E-state index in [0.717, 1.165) is 6.42 Å². The van der Waals surface area contributed by atoms with Crippen LogP contribution in [0.2, 0.25) is 0 Å². The Labute approximate surface area is 127 Å². The fraction of sp³-hybridized carbons (Fsp3) is 0.125. The second-order valence-corrected chi connectivity index (χ2v) is 4.55. The number of nitro benzene ring substituents is 1. The number of amides is 1. The van der Waals surface area contributed by atoms with Gasteiger partial charge in [-0.3, -0.25) is 14.9 Å². The van der Waals surface area contributed by atoms with Crippen molar-refractivity contribution in [2.45, 2.75) is 12.8 Å². The van der Waals surface area contributed by atoms with Gasteiger partial charge < -0.3 is 0 Å². The molecule has 0 fully saturated rings. The summed E-state index contributed by atoms with van der Waals surface area (Å²) in [5.74, 6) is -0.594. The molecule has 0 aliphatic carbocycles. The summed E-state index contributed by atoms with van der Waals surface area (Å²) in [6.07, 6.45) is 3.06. The van der Waals surface area contributed by atoms with Gasteiger partial charge in [-0.15, -0.1) is 0 Å². The molecule has 22 heavy (non-hydrogen) atoms. The van der Waals surface area contributed by atoms with Crippen molar-refractivity contribution in [3.63, 3.8) is 0 Å². The number of nitro groups is 1. The van der Waals surface area contributed by atoms with Gasteiger partial charge in [0.15, 0.2) is 0 Å². The molecule has 112 valence electrons. The Morgan fingerprint density at radius 2 is 1.82 bits per heavy atom. The van der Waals surface area contributed by atoms with Crippen molar-refractivity contribution in [3.8, 4) is 0 Å². The molecule has 0 saturated carbocycles. The summed E-state index contributed by atoms with van der Waals surface area (Å²) in [4.78, 5) is 22.1. The molecule has 0 spiro atoms. The molecule has 0 heterocycles. The van der Waals surface area contributed by atoms with Gasteiger partial charge in [0, 0.05) is 12.3 Å². The van der Waals surface area contributed by atoms with Crippen LogP contribution >= 0.6 is 0 Å². The molecule has 2 aromatic rings. The lowest BCUT2D eigenvalue weighted by Gasteiger charge is -2.01. The van der Waals surface area contributed by atoms with Gasteiger partial charge in [-0.2, -0.15) is 5.10 Å². The van der Waals surface area contributed by atoms with E-state index in [-0.39, 0.29) is 11.3 Å². The molecular formula is C16H15N3O3. The Morgan fingerprint density at radius 1 is 1.14 bits per heavy atom. The van der Waals surface area contributed by atoms with Crippen LogP contribution in [-0.4, -0.2) is 17.0 Å². The average Bonchev–Trinajstić information content (AvgIpc) is 2.55. The average molecular weight is 297 g/mol. The first-order valence-corrected chi connectivity index (χ1v) is 6.77. The van der Waals surface area contributed by atoms with Gasteiger partial charge in [0.05, 0.1) is 4.92 Å². The molecule has 1 N–H and O–H groups in total. The molecule has 1 amide bonds. The molecule has 0 aromatic heterocycles. The summed E-state index contributed by atoms with van der Waals surface area (Å²) in [5, 5.41) is 14.7. The summed E-state index contributed by atoms with van der Waals surface area (Å²) >= 11 is 0. The molecule has 0 aliphatic rings. The summed E-state index contributed by atoms with van der Waals surface area (Å²) in [6, 6.07) is 15.7. The summed E-state index contributed by atoms with van der Waals surface area (Å²) in [6.45, 7) is 0. The normalized spacial score (nSPS) is 10.5. The van der Waals surface area contributed by atoms with Gasteiger partial charge in [-0.25, -0.2) is 5.43 Å². The number of nitrogens with zero attached hydrogens (tertiary/aromatic N) is 2. The lowest BCUT2D eigenvalue weighted by Crippen LogP contribution is -2.18. The van der Waals surface area contributed by atoms with Crippen LogP contribution in [0.4, 0.5) is 5.69 Å². The van der Waals surface area contributed by atoms with Crippen LogP contribution in [0.3, 0.4) is 0 Å². The molecule has 0 saturated heterocycles. The number of rotatable bonds is 6. The lowest BCUT2D eigenvalue weighted by atomic mass is 10.1. The van der Waals surface area contributed by atoms with Gasteiger partial charge >= 0.3 is 0 Å². The Hall–Kier alpha value is -3.02. The van der Waals surface area contributed by atoms with Gasteiger partial charge in [-0.1, -0.05) is 42.5 Å². The van der Waals surface area contributed by atoms with Gasteiger partial charge in [0.1, 0.15) is 5.56 Å². The number of carbonyl (C=O) groups is 1. The van der Waals surface area contributed by atoms with E-state index in [2.05, 4.69) is 10.5 Å². The Morgan fingerprint density at radius 3 is 2.55 bits per heavy atom. The van der Waals surface area contributed by atoms with E-state index in [1.54, 1.807) is 12.3 Å². The van der Waals surface area contributed by atoms with E-state index in [1.807, 2.05) is 30.3 Å². The molecule has 0 unspecified atom stereocenters. The van der Waals surface area contributed by atoms with Crippen molar-refractivity contribution >= 4 is 17.8 Å². The zero-order chi connectivity index (χ0) is 15.8. The smallest absolute Gasteiger partial charge is 0.267 e. The van der Waals surface area contributed by atoms with E-state index in [4.69, 9.17) is 0 Å². The highest BCUT2D eigenvalue weighted by atomic mass is 16.6. The highest BCUT2D eigenvalue weighted by Gasteiger charge is 2.18. The van der Waals surface area contributed by atoms with E-state index in [1.165, 1.54) is 23.8 Å². The van der Waals surface area contributed by atoms with Crippen LogP contribution in [0.1, 0.15) is 22.3 Å². The number of aryl methyl sites for hydroxylation is 1. The molecule has 0 aliphatic heterocycles. The minimum atomic E-state index is -0.594. The predicted octanol–water partition coefficient (Wildman–Crippen LogP) is 2.94. The highest BCUT2D eigenvalue weighted by Crippen LogP contribution is 2.17. The maximum Gasteiger partial charge on any atom is 0.282 e. The highest BCUT2D eigenvalue weighted by molar-refractivity contribution is 5.98. The molecule has 2 aromatic carbocycles. The monoisotopic (exact) mass is 297 g/mol. The van der Waals surface area contributed by atoms with Crippen LogP contribution in [0.25, 0.3) is 0 Å². The molecular weight excluding hydrogens is 282 g/mol. The minimum Gasteiger partial charge on any atom is -0.267 e. The maximum atomic E-state index is 11.9. The van der Waals surface area contributed by atoms with E-state index < -0.39 is 10.8 Å². The van der Waals surface area contributed by atoms with Gasteiger partial charge in [-0.05, 0) is 24.5 Å². The molecule has 6 nitrogen and oxygen atoms in total. The number of hydrazone groups is 1. The Balaban J connectivity index is 1.88.